The Kier molecular flexibility index (Phi) is 4.24. The van der Waals surface area contributed by atoms with Crippen LogP contribution in [0.2, 0.25) is 0 Å². The molecule has 1 atom stereocenters. The second-order valence-corrected chi connectivity index (χ2v) is 6.14. The Morgan fingerprint density at radius 3 is 2.89 bits per heavy atom. The largest absolute Gasteiger partial charge is 0.396 e. The second-order valence-electron chi connectivity index (χ2n) is 6.14. The lowest BCUT2D eigenvalue weighted by Crippen LogP contribution is -2.31. The molecule has 1 aliphatic heterocycles. The van der Waals surface area contributed by atoms with Gasteiger partial charge in [-0.05, 0) is 40.0 Å². The Balaban J connectivity index is 2.14. The van der Waals surface area contributed by atoms with Crippen LogP contribution in [0.3, 0.4) is 0 Å². The molecule has 19 heavy (non-hydrogen) atoms. The van der Waals surface area contributed by atoms with Gasteiger partial charge in [-0.25, -0.2) is 9.97 Å². The van der Waals surface area contributed by atoms with Crippen LogP contribution in [0.5, 0.6) is 0 Å². The summed E-state index contributed by atoms with van der Waals surface area (Å²) >= 11 is 0. The highest BCUT2D eigenvalue weighted by Crippen LogP contribution is 2.27. The minimum Gasteiger partial charge on any atom is -0.396 e. The molecular weight excluding hydrogens is 240 g/mol. The van der Waals surface area contributed by atoms with Crippen molar-refractivity contribution in [3.05, 3.63) is 12.4 Å². The van der Waals surface area contributed by atoms with Gasteiger partial charge in [0.1, 0.15) is 18.0 Å². The molecular formula is C14H24N4O. The van der Waals surface area contributed by atoms with Crippen molar-refractivity contribution in [2.24, 2.45) is 0 Å². The molecule has 106 valence electrons. The molecule has 0 bridgehead atoms. The third-order valence-electron chi connectivity index (χ3n) is 3.29. The van der Waals surface area contributed by atoms with Crippen molar-refractivity contribution in [1.82, 2.24) is 9.97 Å². The van der Waals surface area contributed by atoms with Crippen LogP contribution in [-0.4, -0.2) is 39.8 Å². The third kappa shape index (κ3) is 3.80. The molecule has 0 aromatic carbocycles. The standard InChI is InChI=1S/C14H24N4O/c1-14(2,3)17-12-9-13(16-10-15-12)18-7-4-5-11(18)6-8-19/h9-11,19H,4-8H2,1-3H3,(H,15,16,17). The Morgan fingerprint density at radius 1 is 1.42 bits per heavy atom. The van der Waals surface area contributed by atoms with Gasteiger partial charge >= 0.3 is 0 Å². The van der Waals surface area contributed by atoms with Gasteiger partial charge in [-0.1, -0.05) is 0 Å². The minimum absolute atomic E-state index is 0.0128. The first kappa shape index (κ1) is 14.1. The number of aliphatic hydroxyl groups is 1. The number of aromatic nitrogens is 2. The van der Waals surface area contributed by atoms with Crippen LogP contribution in [0.4, 0.5) is 11.6 Å². The lowest BCUT2D eigenvalue weighted by atomic mass is 10.1. The van der Waals surface area contributed by atoms with Crippen molar-refractivity contribution < 1.29 is 5.11 Å². The van der Waals surface area contributed by atoms with Crippen LogP contribution in [0.15, 0.2) is 12.4 Å². The monoisotopic (exact) mass is 264 g/mol. The van der Waals surface area contributed by atoms with Gasteiger partial charge in [0.25, 0.3) is 0 Å². The van der Waals surface area contributed by atoms with E-state index < -0.39 is 0 Å². The van der Waals surface area contributed by atoms with Crippen molar-refractivity contribution in [3.8, 4) is 0 Å². The maximum Gasteiger partial charge on any atom is 0.134 e. The summed E-state index contributed by atoms with van der Waals surface area (Å²) in [5.41, 5.74) is -0.0128. The average Bonchev–Trinajstić information content (AvgIpc) is 2.76. The SMILES string of the molecule is CC(C)(C)Nc1cc(N2CCCC2CCO)ncn1. The summed E-state index contributed by atoms with van der Waals surface area (Å²) < 4.78 is 0. The fourth-order valence-corrected chi connectivity index (χ4v) is 2.54. The summed E-state index contributed by atoms with van der Waals surface area (Å²) in [4.78, 5) is 10.9. The van der Waals surface area contributed by atoms with Gasteiger partial charge in [0.2, 0.25) is 0 Å². The summed E-state index contributed by atoms with van der Waals surface area (Å²) in [6, 6.07) is 2.41. The summed E-state index contributed by atoms with van der Waals surface area (Å²) in [7, 11) is 0. The van der Waals surface area contributed by atoms with Crippen LogP contribution in [0.25, 0.3) is 0 Å². The number of rotatable bonds is 4. The van der Waals surface area contributed by atoms with Crippen molar-refractivity contribution in [3.63, 3.8) is 0 Å². The van der Waals surface area contributed by atoms with Crippen LogP contribution >= 0.6 is 0 Å². The van der Waals surface area contributed by atoms with Crippen LogP contribution < -0.4 is 10.2 Å². The zero-order chi connectivity index (χ0) is 13.9. The van der Waals surface area contributed by atoms with E-state index >= 15 is 0 Å². The molecule has 1 fully saturated rings. The van der Waals surface area contributed by atoms with Gasteiger partial charge < -0.3 is 15.3 Å². The molecule has 0 aliphatic carbocycles. The van der Waals surface area contributed by atoms with E-state index in [-0.39, 0.29) is 12.1 Å². The number of hydrogen-bond acceptors (Lipinski definition) is 5. The first-order valence-corrected chi connectivity index (χ1v) is 6.97. The summed E-state index contributed by atoms with van der Waals surface area (Å²) in [5.74, 6) is 1.81. The van der Waals surface area contributed by atoms with E-state index in [1.54, 1.807) is 6.33 Å². The van der Waals surface area contributed by atoms with Crippen molar-refractivity contribution in [2.45, 2.75) is 51.6 Å². The fourth-order valence-electron chi connectivity index (χ4n) is 2.54. The highest BCUT2D eigenvalue weighted by Gasteiger charge is 2.25. The number of hydrogen-bond donors (Lipinski definition) is 2. The Hall–Kier alpha value is -1.36. The van der Waals surface area contributed by atoms with E-state index in [2.05, 4.69) is 41.0 Å². The first-order chi connectivity index (χ1) is 8.99. The van der Waals surface area contributed by atoms with Crippen molar-refractivity contribution in [1.29, 1.82) is 0 Å². The molecule has 1 unspecified atom stereocenters. The van der Waals surface area contributed by atoms with Gasteiger partial charge in [-0.2, -0.15) is 0 Å². The van der Waals surface area contributed by atoms with Crippen molar-refractivity contribution in [2.75, 3.05) is 23.4 Å². The van der Waals surface area contributed by atoms with Gasteiger partial charge in [0.15, 0.2) is 0 Å². The fraction of sp³-hybridized carbons (Fsp3) is 0.714. The molecule has 2 rings (SSSR count). The Labute approximate surface area is 115 Å². The Morgan fingerprint density at radius 2 is 2.21 bits per heavy atom. The molecule has 5 nitrogen and oxygen atoms in total. The number of nitrogens with zero attached hydrogens (tertiary/aromatic N) is 3. The molecule has 0 radical (unpaired) electrons. The molecule has 5 heteroatoms. The molecule has 2 heterocycles. The highest BCUT2D eigenvalue weighted by atomic mass is 16.3. The first-order valence-electron chi connectivity index (χ1n) is 6.97. The van der Waals surface area contributed by atoms with Gasteiger partial charge in [-0.15, -0.1) is 0 Å². The highest BCUT2D eigenvalue weighted by molar-refractivity contribution is 5.50. The smallest absolute Gasteiger partial charge is 0.134 e. The van der Waals surface area contributed by atoms with Crippen LogP contribution in [0, 0.1) is 0 Å². The number of nitrogens with one attached hydrogen (secondary N) is 1. The van der Waals surface area contributed by atoms with E-state index in [9.17, 15) is 0 Å². The van der Waals surface area contributed by atoms with E-state index in [1.807, 2.05) is 6.07 Å². The molecule has 1 saturated heterocycles. The zero-order valence-corrected chi connectivity index (χ0v) is 12.1. The summed E-state index contributed by atoms with van der Waals surface area (Å²) in [6.45, 7) is 7.58. The molecule has 1 aromatic rings. The van der Waals surface area contributed by atoms with Crippen LogP contribution in [-0.2, 0) is 0 Å². The quantitative estimate of drug-likeness (QED) is 0.871. The van der Waals surface area contributed by atoms with E-state index in [0.717, 1.165) is 37.4 Å². The zero-order valence-electron chi connectivity index (χ0n) is 12.1. The van der Waals surface area contributed by atoms with Crippen LogP contribution in [0.1, 0.15) is 40.0 Å². The van der Waals surface area contributed by atoms with Crippen molar-refractivity contribution >= 4 is 11.6 Å². The summed E-state index contributed by atoms with van der Waals surface area (Å²) in [6.07, 6.45) is 4.72. The van der Waals surface area contributed by atoms with Gasteiger partial charge in [-0.3, -0.25) is 0 Å². The minimum atomic E-state index is -0.0128. The normalized spacial score (nSPS) is 19.8. The third-order valence-corrected chi connectivity index (χ3v) is 3.29. The number of anilines is 2. The molecule has 0 saturated carbocycles. The van der Waals surface area contributed by atoms with Gasteiger partial charge in [0, 0.05) is 30.8 Å². The predicted octanol–water partition coefficient (Wildman–Crippen LogP) is 2.04. The van der Waals surface area contributed by atoms with E-state index in [0.29, 0.717) is 6.04 Å². The number of aliphatic hydroxyl groups excluding tert-OH is 1. The van der Waals surface area contributed by atoms with E-state index in [4.69, 9.17) is 5.11 Å². The molecule has 1 aromatic heterocycles. The Bertz CT molecular complexity index is 416. The maximum atomic E-state index is 9.13. The maximum absolute atomic E-state index is 9.13. The molecule has 1 aliphatic rings. The lowest BCUT2D eigenvalue weighted by Gasteiger charge is -2.26. The second kappa shape index (κ2) is 5.74. The van der Waals surface area contributed by atoms with Gasteiger partial charge in [0.05, 0.1) is 0 Å². The molecule has 0 spiro atoms. The average molecular weight is 264 g/mol. The molecule has 0 amide bonds. The predicted molar refractivity (Wildman–Crippen MR) is 77.5 cm³/mol. The lowest BCUT2D eigenvalue weighted by molar-refractivity contribution is 0.275. The topological polar surface area (TPSA) is 61.3 Å². The molecule has 2 N–H and O–H groups in total. The summed E-state index contributed by atoms with van der Waals surface area (Å²) in [5, 5.41) is 12.5. The van der Waals surface area contributed by atoms with E-state index in [1.165, 1.54) is 0 Å².